The summed E-state index contributed by atoms with van der Waals surface area (Å²) in [5.41, 5.74) is 1.20. The lowest BCUT2D eigenvalue weighted by Gasteiger charge is -2.17. The van der Waals surface area contributed by atoms with Crippen molar-refractivity contribution in [1.82, 2.24) is 5.32 Å². The number of likely N-dealkylation sites (N-methyl/N-ethyl adjacent to an activating group) is 1. The molecule has 0 aliphatic heterocycles. The molecule has 0 aromatic heterocycles. The first kappa shape index (κ1) is 14.0. The summed E-state index contributed by atoms with van der Waals surface area (Å²) in [7, 11) is 1.95. The molecular weight excluding hydrogens is 214 g/mol. The van der Waals surface area contributed by atoms with Crippen LogP contribution in [0.1, 0.15) is 31.9 Å². The van der Waals surface area contributed by atoms with Crippen LogP contribution in [-0.2, 0) is 4.74 Å². The van der Waals surface area contributed by atoms with E-state index in [4.69, 9.17) is 9.47 Å². The third kappa shape index (κ3) is 4.75. The molecule has 0 fully saturated rings. The van der Waals surface area contributed by atoms with Gasteiger partial charge >= 0.3 is 0 Å². The Morgan fingerprint density at radius 2 is 2.12 bits per heavy atom. The van der Waals surface area contributed by atoms with Crippen LogP contribution in [-0.4, -0.2) is 26.9 Å². The zero-order chi connectivity index (χ0) is 12.5. The van der Waals surface area contributed by atoms with Crippen LogP contribution in [0.3, 0.4) is 0 Å². The number of benzene rings is 1. The lowest BCUT2D eigenvalue weighted by Crippen LogP contribution is -2.21. The quantitative estimate of drug-likeness (QED) is 0.754. The first-order chi connectivity index (χ1) is 8.31. The first-order valence-electron chi connectivity index (χ1n) is 6.29. The zero-order valence-electron chi connectivity index (χ0n) is 11.0. The van der Waals surface area contributed by atoms with Gasteiger partial charge < -0.3 is 14.8 Å². The van der Waals surface area contributed by atoms with Crippen molar-refractivity contribution in [2.45, 2.75) is 26.3 Å². The van der Waals surface area contributed by atoms with Gasteiger partial charge in [-0.05, 0) is 38.1 Å². The topological polar surface area (TPSA) is 30.5 Å². The van der Waals surface area contributed by atoms with Crippen LogP contribution >= 0.6 is 0 Å². The van der Waals surface area contributed by atoms with Crippen LogP contribution in [0.15, 0.2) is 24.3 Å². The molecule has 0 aliphatic carbocycles. The standard InChI is InChI=1S/C14H23NO2/c1-4-9-17-13-8-6-7-12(10-13)14(15-3)11-16-5-2/h6-8,10,14-15H,4-5,9,11H2,1-3H3. The second-order valence-electron chi connectivity index (χ2n) is 3.92. The first-order valence-corrected chi connectivity index (χ1v) is 6.29. The lowest BCUT2D eigenvalue weighted by molar-refractivity contribution is 0.125. The minimum Gasteiger partial charge on any atom is -0.494 e. The van der Waals surface area contributed by atoms with Crippen molar-refractivity contribution in [2.75, 3.05) is 26.9 Å². The van der Waals surface area contributed by atoms with Crippen LogP contribution in [0.25, 0.3) is 0 Å². The molecule has 0 radical (unpaired) electrons. The predicted octanol–water partition coefficient (Wildman–Crippen LogP) is 2.77. The van der Waals surface area contributed by atoms with Gasteiger partial charge in [-0.2, -0.15) is 0 Å². The summed E-state index contributed by atoms with van der Waals surface area (Å²) >= 11 is 0. The largest absolute Gasteiger partial charge is 0.494 e. The minimum absolute atomic E-state index is 0.222. The molecule has 0 spiro atoms. The second kappa shape index (κ2) is 8.09. The molecule has 96 valence electrons. The van der Waals surface area contributed by atoms with Gasteiger partial charge in [-0.3, -0.25) is 0 Å². The van der Waals surface area contributed by atoms with Gasteiger partial charge in [0.1, 0.15) is 5.75 Å². The van der Waals surface area contributed by atoms with E-state index >= 15 is 0 Å². The van der Waals surface area contributed by atoms with E-state index in [1.54, 1.807) is 0 Å². The highest BCUT2D eigenvalue weighted by Gasteiger charge is 2.09. The Bertz CT molecular complexity index is 315. The van der Waals surface area contributed by atoms with E-state index in [1.165, 1.54) is 5.56 Å². The van der Waals surface area contributed by atoms with Gasteiger partial charge in [0.15, 0.2) is 0 Å². The maximum atomic E-state index is 5.63. The van der Waals surface area contributed by atoms with E-state index in [0.717, 1.165) is 25.4 Å². The molecule has 1 atom stereocenters. The summed E-state index contributed by atoms with van der Waals surface area (Å²) in [6, 6.07) is 8.41. The molecule has 0 amide bonds. The van der Waals surface area contributed by atoms with Crippen LogP contribution in [0, 0.1) is 0 Å². The average molecular weight is 237 g/mol. The number of hydrogen-bond acceptors (Lipinski definition) is 3. The fourth-order valence-electron chi connectivity index (χ4n) is 1.62. The molecule has 0 saturated heterocycles. The van der Waals surface area contributed by atoms with Crippen LogP contribution < -0.4 is 10.1 Å². The highest BCUT2D eigenvalue weighted by molar-refractivity contribution is 5.30. The van der Waals surface area contributed by atoms with Gasteiger partial charge in [0.2, 0.25) is 0 Å². The van der Waals surface area contributed by atoms with Crippen LogP contribution in [0.5, 0.6) is 5.75 Å². The molecule has 0 heterocycles. The highest BCUT2D eigenvalue weighted by atomic mass is 16.5. The molecule has 3 nitrogen and oxygen atoms in total. The molecule has 1 aromatic rings. The molecule has 0 saturated carbocycles. The molecule has 1 unspecified atom stereocenters. The Hall–Kier alpha value is -1.06. The molecule has 1 N–H and O–H groups in total. The smallest absolute Gasteiger partial charge is 0.119 e. The van der Waals surface area contributed by atoms with E-state index < -0.39 is 0 Å². The second-order valence-corrected chi connectivity index (χ2v) is 3.92. The molecule has 1 rings (SSSR count). The Morgan fingerprint density at radius 1 is 1.29 bits per heavy atom. The van der Waals surface area contributed by atoms with Gasteiger partial charge in [0.25, 0.3) is 0 Å². The molecular formula is C14H23NO2. The summed E-state index contributed by atoms with van der Waals surface area (Å²) in [4.78, 5) is 0. The van der Waals surface area contributed by atoms with Gasteiger partial charge in [-0.1, -0.05) is 19.1 Å². The zero-order valence-corrected chi connectivity index (χ0v) is 11.0. The molecule has 17 heavy (non-hydrogen) atoms. The van der Waals surface area contributed by atoms with E-state index in [9.17, 15) is 0 Å². The maximum Gasteiger partial charge on any atom is 0.119 e. The number of nitrogens with one attached hydrogen (secondary N) is 1. The van der Waals surface area contributed by atoms with Crippen LogP contribution in [0.4, 0.5) is 0 Å². The molecule has 0 aliphatic rings. The SMILES string of the molecule is CCCOc1cccc(C(COCC)NC)c1. The van der Waals surface area contributed by atoms with Gasteiger partial charge in [-0.25, -0.2) is 0 Å². The third-order valence-corrected chi connectivity index (χ3v) is 2.57. The van der Waals surface area contributed by atoms with Crippen molar-refractivity contribution in [3.63, 3.8) is 0 Å². The Morgan fingerprint density at radius 3 is 2.76 bits per heavy atom. The van der Waals surface area contributed by atoms with Crippen molar-refractivity contribution < 1.29 is 9.47 Å². The summed E-state index contributed by atoms with van der Waals surface area (Å²) in [6.07, 6.45) is 1.03. The number of hydrogen-bond donors (Lipinski definition) is 1. The molecule has 1 aromatic carbocycles. The van der Waals surface area contributed by atoms with Gasteiger partial charge in [0, 0.05) is 6.61 Å². The number of ether oxygens (including phenoxy) is 2. The Labute approximate surface area is 104 Å². The molecule has 3 heteroatoms. The summed E-state index contributed by atoms with van der Waals surface area (Å²) in [5, 5.41) is 3.26. The van der Waals surface area contributed by atoms with Gasteiger partial charge in [-0.15, -0.1) is 0 Å². The van der Waals surface area contributed by atoms with Crippen LogP contribution in [0.2, 0.25) is 0 Å². The van der Waals surface area contributed by atoms with E-state index in [2.05, 4.69) is 24.4 Å². The highest BCUT2D eigenvalue weighted by Crippen LogP contribution is 2.19. The predicted molar refractivity (Wildman–Crippen MR) is 70.5 cm³/mol. The van der Waals surface area contributed by atoms with Crippen molar-refractivity contribution in [1.29, 1.82) is 0 Å². The fourth-order valence-corrected chi connectivity index (χ4v) is 1.62. The van der Waals surface area contributed by atoms with Gasteiger partial charge in [0.05, 0.1) is 19.3 Å². The Kier molecular flexibility index (Phi) is 6.67. The third-order valence-electron chi connectivity index (χ3n) is 2.57. The van der Waals surface area contributed by atoms with Crippen molar-refractivity contribution >= 4 is 0 Å². The average Bonchev–Trinajstić information content (AvgIpc) is 2.38. The number of rotatable bonds is 8. The summed E-state index contributed by atoms with van der Waals surface area (Å²) in [6.45, 7) is 6.30. The Balaban J connectivity index is 2.66. The fraction of sp³-hybridized carbons (Fsp3) is 0.571. The van der Waals surface area contributed by atoms with E-state index in [-0.39, 0.29) is 6.04 Å². The maximum absolute atomic E-state index is 5.63. The van der Waals surface area contributed by atoms with Crippen molar-refractivity contribution in [3.05, 3.63) is 29.8 Å². The normalized spacial score (nSPS) is 12.4. The van der Waals surface area contributed by atoms with E-state index in [0.29, 0.717) is 6.61 Å². The van der Waals surface area contributed by atoms with E-state index in [1.807, 2.05) is 26.1 Å². The summed E-state index contributed by atoms with van der Waals surface area (Å²) < 4.78 is 11.1. The monoisotopic (exact) mass is 237 g/mol. The van der Waals surface area contributed by atoms with Crippen molar-refractivity contribution in [3.8, 4) is 5.75 Å². The minimum atomic E-state index is 0.222. The lowest BCUT2D eigenvalue weighted by atomic mass is 10.1. The molecule has 0 bridgehead atoms. The summed E-state index contributed by atoms with van der Waals surface area (Å²) in [5.74, 6) is 0.932. The van der Waals surface area contributed by atoms with Crippen molar-refractivity contribution in [2.24, 2.45) is 0 Å².